The summed E-state index contributed by atoms with van der Waals surface area (Å²) in [5.74, 6) is -1.27. The predicted octanol–water partition coefficient (Wildman–Crippen LogP) is 1.93. The lowest BCUT2D eigenvalue weighted by Crippen LogP contribution is -2.43. The number of methoxy groups -OCH3 is 1. The van der Waals surface area contributed by atoms with Crippen molar-refractivity contribution in [1.82, 2.24) is 5.32 Å². The maximum Gasteiger partial charge on any atom is 0.328 e. The summed E-state index contributed by atoms with van der Waals surface area (Å²) >= 11 is 0. The Labute approximate surface area is 126 Å². The van der Waals surface area contributed by atoms with Crippen LogP contribution < -0.4 is 10.1 Å². The number of benzene rings is 2. The number of aliphatic carboxylic acids is 1. The average Bonchev–Trinajstić information content (AvgIpc) is 2.52. The van der Waals surface area contributed by atoms with Crippen LogP contribution in [0.15, 0.2) is 36.4 Å². The summed E-state index contributed by atoms with van der Waals surface area (Å²) in [5, 5.41) is 12.7. The molecule has 5 nitrogen and oxygen atoms in total. The fraction of sp³-hybridized carbons (Fsp3) is 0.250. The molecule has 0 aliphatic carbocycles. The zero-order valence-electron chi connectivity index (χ0n) is 12.0. The predicted molar refractivity (Wildman–Crippen MR) is 79.7 cm³/mol. The Balaban J connectivity index is 2.23. The van der Waals surface area contributed by atoms with Crippen molar-refractivity contribution >= 4 is 22.6 Å². The molecule has 116 valence electrons. The molecule has 0 spiro atoms. The summed E-state index contributed by atoms with van der Waals surface area (Å²) in [6, 6.07) is 9.46. The van der Waals surface area contributed by atoms with Crippen molar-refractivity contribution in [1.29, 1.82) is 0 Å². The molecule has 0 bridgehead atoms. The van der Waals surface area contributed by atoms with E-state index in [0.29, 0.717) is 5.75 Å². The molecule has 0 saturated heterocycles. The molecule has 2 aromatic carbocycles. The van der Waals surface area contributed by atoms with Gasteiger partial charge >= 0.3 is 5.97 Å². The Bertz CT molecular complexity index is 702. The number of carboxylic acid groups (broad SMARTS) is 1. The molecule has 0 aliphatic heterocycles. The number of amides is 1. The third kappa shape index (κ3) is 3.52. The molecule has 0 aromatic heterocycles. The fourth-order valence-corrected chi connectivity index (χ4v) is 2.18. The van der Waals surface area contributed by atoms with Gasteiger partial charge in [-0.3, -0.25) is 4.79 Å². The normalized spacial score (nSPS) is 11.9. The van der Waals surface area contributed by atoms with Gasteiger partial charge in [-0.1, -0.05) is 24.3 Å². The number of alkyl halides is 1. The van der Waals surface area contributed by atoms with E-state index in [0.717, 1.165) is 16.3 Å². The minimum atomic E-state index is -1.52. The van der Waals surface area contributed by atoms with Gasteiger partial charge in [0.25, 0.3) is 0 Å². The number of nitrogens with one attached hydrogen (secondary N) is 1. The van der Waals surface area contributed by atoms with Gasteiger partial charge in [-0.05, 0) is 28.5 Å². The number of ether oxygens (including phenoxy) is 1. The largest absolute Gasteiger partial charge is 0.497 e. The van der Waals surface area contributed by atoms with E-state index >= 15 is 0 Å². The number of fused-ring (bicyclic) bond motifs is 1. The summed E-state index contributed by atoms with van der Waals surface area (Å²) in [7, 11) is 1.55. The highest BCUT2D eigenvalue weighted by Crippen LogP contribution is 2.24. The third-order valence-corrected chi connectivity index (χ3v) is 3.32. The second kappa shape index (κ2) is 6.89. The van der Waals surface area contributed by atoms with Crippen LogP contribution in [0.2, 0.25) is 0 Å². The zero-order valence-corrected chi connectivity index (χ0v) is 12.0. The van der Waals surface area contributed by atoms with Crippen molar-refractivity contribution in [2.45, 2.75) is 12.5 Å². The first-order chi connectivity index (χ1) is 10.5. The van der Waals surface area contributed by atoms with E-state index in [-0.39, 0.29) is 6.42 Å². The fourth-order valence-electron chi connectivity index (χ4n) is 2.18. The number of halogens is 1. The van der Waals surface area contributed by atoms with E-state index in [4.69, 9.17) is 9.84 Å². The van der Waals surface area contributed by atoms with E-state index in [1.54, 1.807) is 19.2 Å². The van der Waals surface area contributed by atoms with Crippen molar-refractivity contribution < 1.29 is 23.8 Å². The van der Waals surface area contributed by atoms with Crippen LogP contribution in [0.4, 0.5) is 4.39 Å². The van der Waals surface area contributed by atoms with Crippen LogP contribution in [0.5, 0.6) is 5.75 Å². The number of carbonyl (C=O) groups is 2. The molecule has 0 radical (unpaired) electrons. The molecule has 1 amide bonds. The van der Waals surface area contributed by atoms with Crippen LogP contribution in [0.1, 0.15) is 5.56 Å². The molecule has 0 heterocycles. The first-order valence-corrected chi connectivity index (χ1v) is 6.69. The monoisotopic (exact) mass is 305 g/mol. The molecule has 2 aromatic rings. The SMILES string of the molecule is COc1ccc2cccc(CC(=O)NC(CF)C(=O)O)c2c1. The Kier molecular flexibility index (Phi) is 4.93. The van der Waals surface area contributed by atoms with Crippen LogP contribution in [0, 0.1) is 0 Å². The van der Waals surface area contributed by atoms with E-state index in [9.17, 15) is 14.0 Å². The lowest BCUT2D eigenvalue weighted by Gasteiger charge is -2.12. The smallest absolute Gasteiger partial charge is 0.328 e. The summed E-state index contributed by atoms with van der Waals surface area (Å²) in [6.45, 7) is -1.15. The van der Waals surface area contributed by atoms with E-state index < -0.39 is 24.6 Å². The van der Waals surface area contributed by atoms with Crippen molar-refractivity contribution in [3.05, 3.63) is 42.0 Å². The molecular formula is C16H16FNO4. The molecular weight excluding hydrogens is 289 g/mol. The Morgan fingerprint density at radius 2 is 2.09 bits per heavy atom. The quantitative estimate of drug-likeness (QED) is 0.855. The first kappa shape index (κ1) is 15.8. The van der Waals surface area contributed by atoms with E-state index in [1.807, 2.05) is 24.3 Å². The van der Waals surface area contributed by atoms with Crippen LogP contribution in [0.25, 0.3) is 10.8 Å². The Morgan fingerprint density at radius 1 is 1.32 bits per heavy atom. The highest BCUT2D eigenvalue weighted by molar-refractivity contribution is 5.92. The standard InChI is InChI=1S/C16H16FNO4/c1-22-12-6-5-10-3-2-4-11(13(10)8-12)7-15(19)18-14(9-17)16(20)21/h2-6,8,14H,7,9H2,1H3,(H,18,19)(H,20,21). The molecule has 1 atom stereocenters. The molecule has 22 heavy (non-hydrogen) atoms. The lowest BCUT2D eigenvalue weighted by molar-refractivity contribution is -0.142. The first-order valence-electron chi connectivity index (χ1n) is 6.69. The number of carbonyl (C=O) groups excluding carboxylic acids is 1. The summed E-state index contributed by atoms with van der Waals surface area (Å²) < 4.78 is 17.7. The number of rotatable bonds is 6. The molecule has 0 fully saturated rings. The van der Waals surface area contributed by atoms with Crippen molar-refractivity contribution in [3.63, 3.8) is 0 Å². The van der Waals surface area contributed by atoms with Crippen molar-refractivity contribution in [3.8, 4) is 5.75 Å². The number of hydrogen-bond donors (Lipinski definition) is 2. The Hall–Kier alpha value is -2.63. The zero-order chi connectivity index (χ0) is 16.1. The number of carboxylic acids is 1. The highest BCUT2D eigenvalue weighted by Gasteiger charge is 2.20. The molecule has 0 saturated carbocycles. The van der Waals surface area contributed by atoms with E-state index in [2.05, 4.69) is 5.32 Å². The number of hydrogen-bond acceptors (Lipinski definition) is 3. The summed E-state index contributed by atoms with van der Waals surface area (Å²) in [5.41, 5.74) is 0.719. The maximum atomic E-state index is 12.5. The minimum Gasteiger partial charge on any atom is -0.497 e. The van der Waals surface area contributed by atoms with Gasteiger partial charge in [-0.2, -0.15) is 0 Å². The maximum absolute atomic E-state index is 12.5. The third-order valence-electron chi connectivity index (χ3n) is 3.32. The topological polar surface area (TPSA) is 75.6 Å². The second-order valence-corrected chi connectivity index (χ2v) is 4.79. The average molecular weight is 305 g/mol. The van der Waals surface area contributed by atoms with E-state index in [1.165, 1.54) is 0 Å². The molecule has 2 N–H and O–H groups in total. The van der Waals surface area contributed by atoms with Crippen LogP contribution in [0.3, 0.4) is 0 Å². The van der Waals surface area contributed by atoms with Crippen LogP contribution >= 0.6 is 0 Å². The molecule has 1 unspecified atom stereocenters. The van der Waals surface area contributed by atoms with Gasteiger partial charge in [-0.15, -0.1) is 0 Å². The van der Waals surface area contributed by atoms with Gasteiger partial charge in [-0.25, -0.2) is 9.18 Å². The van der Waals surface area contributed by atoms with Gasteiger partial charge in [0.05, 0.1) is 13.5 Å². The van der Waals surface area contributed by atoms with Gasteiger partial charge in [0.15, 0.2) is 6.04 Å². The highest BCUT2D eigenvalue weighted by atomic mass is 19.1. The van der Waals surface area contributed by atoms with Gasteiger partial charge < -0.3 is 15.2 Å². The van der Waals surface area contributed by atoms with Gasteiger partial charge in [0.2, 0.25) is 5.91 Å². The van der Waals surface area contributed by atoms with Crippen molar-refractivity contribution in [2.75, 3.05) is 13.8 Å². The van der Waals surface area contributed by atoms with Crippen LogP contribution in [-0.4, -0.2) is 36.8 Å². The molecule has 0 aliphatic rings. The lowest BCUT2D eigenvalue weighted by atomic mass is 10.0. The van der Waals surface area contributed by atoms with Crippen LogP contribution in [-0.2, 0) is 16.0 Å². The molecule has 6 heteroatoms. The van der Waals surface area contributed by atoms with Gasteiger partial charge in [0.1, 0.15) is 12.4 Å². The molecule has 2 rings (SSSR count). The van der Waals surface area contributed by atoms with Gasteiger partial charge in [0, 0.05) is 0 Å². The second-order valence-electron chi connectivity index (χ2n) is 4.79. The Morgan fingerprint density at radius 3 is 2.73 bits per heavy atom. The summed E-state index contributed by atoms with van der Waals surface area (Å²) in [6.07, 6.45) is -0.0334. The summed E-state index contributed by atoms with van der Waals surface area (Å²) in [4.78, 5) is 22.7. The minimum absolute atomic E-state index is 0.0334. The van der Waals surface area contributed by atoms with Crippen molar-refractivity contribution in [2.24, 2.45) is 0 Å².